The number of hydrogen-bond donors (Lipinski definition) is 1. The number of unbranched alkanes of at least 4 members (excludes halogenated alkanes) is 1. The van der Waals surface area contributed by atoms with Crippen molar-refractivity contribution in [2.45, 2.75) is 17.7 Å². The van der Waals surface area contributed by atoms with Crippen LogP contribution in [0.5, 0.6) is 0 Å². The van der Waals surface area contributed by atoms with Gasteiger partial charge in [0.05, 0.1) is 0 Å². The Morgan fingerprint density at radius 1 is 1.47 bits per heavy atom. The molecular weight excluding hydrogens is 292 g/mol. The second-order valence-electron chi connectivity index (χ2n) is 4.07. The van der Waals surface area contributed by atoms with Crippen molar-refractivity contribution in [3.63, 3.8) is 0 Å². The predicted molar refractivity (Wildman–Crippen MR) is 71.9 cm³/mol. The summed E-state index contributed by atoms with van der Waals surface area (Å²) in [6, 6.07) is 1.26. The van der Waals surface area contributed by atoms with Crippen molar-refractivity contribution >= 4 is 25.6 Å². The first-order chi connectivity index (χ1) is 8.86. The first kappa shape index (κ1) is 16.0. The number of nitrogens with zero attached hydrogens (tertiary/aromatic N) is 1. The minimum atomic E-state index is -3.82. The van der Waals surface area contributed by atoms with Crippen molar-refractivity contribution < 1.29 is 17.9 Å². The van der Waals surface area contributed by atoms with Gasteiger partial charge in [-0.05, 0) is 18.9 Å². The first-order valence-electron chi connectivity index (χ1n) is 5.74. The smallest absolute Gasteiger partial charge is 0.267 e. The van der Waals surface area contributed by atoms with E-state index in [1.807, 2.05) is 0 Å². The molecule has 0 bridgehead atoms. The maximum absolute atomic E-state index is 11.8. The number of aromatic nitrogens is 1. The van der Waals surface area contributed by atoms with Crippen molar-refractivity contribution in [1.29, 1.82) is 0 Å². The van der Waals surface area contributed by atoms with Gasteiger partial charge in [-0.1, -0.05) is 0 Å². The lowest BCUT2D eigenvalue weighted by molar-refractivity contribution is 0.0943. The standard InChI is InChI=1S/C11H17ClN2O4S/c1-14-8-9(19(12,16)17)7-10(14)11(15)13-5-3-4-6-18-2/h7-8H,3-6H2,1-2H3,(H,13,15). The van der Waals surface area contributed by atoms with Gasteiger partial charge in [0.2, 0.25) is 0 Å². The summed E-state index contributed by atoms with van der Waals surface area (Å²) in [7, 11) is 4.62. The van der Waals surface area contributed by atoms with Crippen molar-refractivity contribution in [3.05, 3.63) is 18.0 Å². The number of ether oxygens (including phenoxy) is 1. The van der Waals surface area contributed by atoms with E-state index in [4.69, 9.17) is 15.4 Å². The highest BCUT2D eigenvalue weighted by Crippen LogP contribution is 2.17. The summed E-state index contributed by atoms with van der Waals surface area (Å²) in [5.41, 5.74) is 0.256. The number of halogens is 1. The van der Waals surface area contributed by atoms with Gasteiger partial charge < -0.3 is 14.6 Å². The largest absolute Gasteiger partial charge is 0.385 e. The maximum Gasteiger partial charge on any atom is 0.267 e. The number of nitrogens with one attached hydrogen (secondary N) is 1. The molecule has 6 nitrogen and oxygen atoms in total. The molecule has 0 radical (unpaired) electrons. The fourth-order valence-electron chi connectivity index (χ4n) is 1.56. The summed E-state index contributed by atoms with van der Waals surface area (Å²) in [6.07, 6.45) is 2.96. The fourth-order valence-corrected chi connectivity index (χ4v) is 2.35. The van der Waals surface area contributed by atoms with E-state index in [0.717, 1.165) is 12.8 Å². The number of carbonyl (C=O) groups excluding carboxylic acids is 1. The van der Waals surface area contributed by atoms with Crippen molar-refractivity contribution in [1.82, 2.24) is 9.88 Å². The van der Waals surface area contributed by atoms with Crippen molar-refractivity contribution in [2.24, 2.45) is 7.05 Å². The van der Waals surface area contributed by atoms with Gasteiger partial charge in [0, 0.05) is 44.2 Å². The van der Waals surface area contributed by atoms with E-state index >= 15 is 0 Å². The third kappa shape index (κ3) is 4.85. The number of amides is 1. The second-order valence-corrected chi connectivity index (χ2v) is 6.63. The van der Waals surface area contributed by atoms with Crippen LogP contribution in [-0.2, 0) is 20.8 Å². The Kier molecular flexibility index (Phi) is 5.84. The van der Waals surface area contributed by atoms with Gasteiger partial charge >= 0.3 is 0 Å². The van der Waals surface area contributed by atoms with E-state index in [9.17, 15) is 13.2 Å². The van der Waals surface area contributed by atoms with Crippen LogP contribution in [0.1, 0.15) is 23.3 Å². The summed E-state index contributed by atoms with van der Waals surface area (Å²) in [6.45, 7) is 1.16. The number of carbonyl (C=O) groups is 1. The number of methoxy groups -OCH3 is 1. The molecule has 0 aromatic carbocycles. The summed E-state index contributed by atoms with van der Waals surface area (Å²) < 4.78 is 28.6. The van der Waals surface area contributed by atoms with E-state index in [1.54, 1.807) is 14.2 Å². The normalized spacial score (nSPS) is 11.5. The Balaban J connectivity index is 2.60. The summed E-state index contributed by atoms with van der Waals surface area (Å²) >= 11 is 0. The average Bonchev–Trinajstić information content (AvgIpc) is 2.70. The Bertz CT molecular complexity index is 539. The Labute approximate surface area is 117 Å². The molecule has 1 rings (SSSR count). The van der Waals surface area contributed by atoms with Gasteiger partial charge in [-0.15, -0.1) is 0 Å². The van der Waals surface area contributed by atoms with E-state index in [2.05, 4.69) is 5.32 Å². The van der Waals surface area contributed by atoms with Crippen LogP contribution in [0.3, 0.4) is 0 Å². The lowest BCUT2D eigenvalue weighted by Gasteiger charge is -2.05. The third-order valence-electron chi connectivity index (χ3n) is 2.55. The summed E-state index contributed by atoms with van der Waals surface area (Å²) in [4.78, 5) is 11.8. The highest BCUT2D eigenvalue weighted by molar-refractivity contribution is 8.13. The van der Waals surface area contributed by atoms with Crippen molar-refractivity contribution in [2.75, 3.05) is 20.3 Å². The second kappa shape index (κ2) is 6.93. The zero-order valence-electron chi connectivity index (χ0n) is 10.8. The van der Waals surface area contributed by atoms with Gasteiger partial charge in [-0.3, -0.25) is 4.79 Å². The number of rotatable bonds is 7. The highest BCUT2D eigenvalue weighted by Gasteiger charge is 2.18. The van der Waals surface area contributed by atoms with Crippen molar-refractivity contribution in [3.8, 4) is 0 Å². The van der Waals surface area contributed by atoms with Gasteiger partial charge in [0.25, 0.3) is 15.0 Å². The lowest BCUT2D eigenvalue weighted by atomic mass is 10.3. The molecule has 1 aromatic rings. The van der Waals surface area contributed by atoms with Crippen LogP contribution in [0.4, 0.5) is 0 Å². The molecule has 1 heterocycles. The highest BCUT2D eigenvalue weighted by atomic mass is 35.7. The Morgan fingerprint density at radius 3 is 2.68 bits per heavy atom. The molecule has 108 valence electrons. The molecule has 0 unspecified atom stereocenters. The van der Waals surface area contributed by atoms with Gasteiger partial charge in [-0.25, -0.2) is 8.42 Å². The SMILES string of the molecule is COCCCCNC(=O)c1cc(S(=O)(=O)Cl)cn1C. The minimum absolute atomic E-state index is 0.0822. The summed E-state index contributed by atoms with van der Waals surface area (Å²) in [5, 5.41) is 2.71. The molecular formula is C11H17ClN2O4S. The zero-order valence-corrected chi connectivity index (χ0v) is 12.4. The van der Waals surface area contributed by atoms with E-state index in [0.29, 0.717) is 13.2 Å². The molecule has 8 heteroatoms. The Morgan fingerprint density at radius 2 is 2.16 bits per heavy atom. The van der Waals surface area contributed by atoms with E-state index in [1.165, 1.54) is 16.8 Å². The van der Waals surface area contributed by atoms with Crippen LogP contribution in [0, 0.1) is 0 Å². The Hall–Kier alpha value is -1.05. The third-order valence-corrected chi connectivity index (χ3v) is 3.88. The summed E-state index contributed by atoms with van der Waals surface area (Å²) in [5.74, 6) is -0.327. The van der Waals surface area contributed by atoms with Crippen LogP contribution in [0.25, 0.3) is 0 Å². The number of aryl methyl sites for hydroxylation is 1. The van der Waals surface area contributed by atoms with Gasteiger partial charge in [0.1, 0.15) is 10.6 Å². The van der Waals surface area contributed by atoms with Gasteiger partial charge in [0.15, 0.2) is 0 Å². The van der Waals surface area contributed by atoms with Crippen LogP contribution in [-0.4, -0.2) is 39.2 Å². The molecule has 19 heavy (non-hydrogen) atoms. The van der Waals surface area contributed by atoms with Crippen LogP contribution in [0.15, 0.2) is 17.2 Å². The predicted octanol–water partition coefficient (Wildman–Crippen LogP) is 1.11. The molecule has 1 N–H and O–H groups in total. The topological polar surface area (TPSA) is 77.4 Å². The van der Waals surface area contributed by atoms with Crippen LogP contribution < -0.4 is 5.32 Å². The molecule has 0 atom stereocenters. The first-order valence-corrected chi connectivity index (χ1v) is 8.05. The monoisotopic (exact) mass is 308 g/mol. The molecule has 0 aliphatic rings. The molecule has 1 amide bonds. The quantitative estimate of drug-likeness (QED) is 0.604. The van der Waals surface area contributed by atoms with Crippen LogP contribution in [0.2, 0.25) is 0 Å². The fraction of sp³-hybridized carbons (Fsp3) is 0.545. The molecule has 0 saturated carbocycles. The van der Waals surface area contributed by atoms with E-state index in [-0.39, 0.29) is 16.5 Å². The maximum atomic E-state index is 11.8. The molecule has 0 aliphatic carbocycles. The lowest BCUT2D eigenvalue weighted by Crippen LogP contribution is -2.26. The zero-order chi connectivity index (χ0) is 14.5. The molecule has 0 saturated heterocycles. The minimum Gasteiger partial charge on any atom is -0.385 e. The molecule has 1 aromatic heterocycles. The molecule has 0 aliphatic heterocycles. The van der Waals surface area contributed by atoms with Gasteiger partial charge in [-0.2, -0.15) is 0 Å². The molecule has 0 spiro atoms. The van der Waals surface area contributed by atoms with E-state index < -0.39 is 9.05 Å². The molecule has 0 fully saturated rings. The van der Waals surface area contributed by atoms with Crippen LogP contribution >= 0.6 is 10.7 Å². The number of hydrogen-bond acceptors (Lipinski definition) is 4. The average molecular weight is 309 g/mol.